The van der Waals surface area contributed by atoms with E-state index in [1.54, 1.807) is 12.1 Å². The first-order valence-electron chi connectivity index (χ1n) is 9.21. The lowest BCUT2D eigenvalue weighted by atomic mass is 10.0. The highest BCUT2D eigenvalue weighted by Crippen LogP contribution is 2.29. The van der Waals surface area contributed by atoms with E-state index in [-0.39, 0.29) is 5.91 Å². The molecule has 0 bridgehead atoms. The van der Waals surface area contributed by atoms with Crippen molar-refractivity contribution in [2.24, 2.45) is 0 Å². The Balaban J connectivity index is 1.72. The molecule has 0 aliphatic rings. The van der Waals surface area contributed by atoms with Gasteiger partial charge in [-0.2, -0.15) is 0 Å². The van der Waals surface area contributed by atoms with Gasteiger partial charge >= 0.3 is 0 Å². The maximum Gasteiger partial charge on any atom is 0.255 e. The molecule has 148 valence electrons. The summed E-state index contributed by atoms with van der Waals surface area (Å²) in [6.45, 7) is 1.03. The van der Waals surface area contributed by atoms with Crippen molar-refractivity contribution in [2.75, 3.05) is 22.6 Å². The van der Waals surface area contributed by atoms with E-state index in [1.807, 2.05) is 60.7 Å². The van der Waals surface area contributed by atoms with Crippen LogP contribution in [0.2, 0.25) is 0 Å². The molecule has 0 aromatic heterocycles. The van der Waals surface area contributed by atoms with Gasteiger partial charge in [0.1, 0.15) is 0 Å². The topological polar surface area (TPSA) is 70.2 Å². The van der Waals surface area contributed by atoms with Crippen LogP contribution in [-0.4, -0.2) is 18.5 Å². The summed E-state index contributed by atoms with van der Waals surface area (Å²) in [5, 5.41) is 8.70. The van der Waals surface area contributed by atoms with Crippen molar-refractivity contribution in [1.82, 2.24) is 0 Å². The monoisotopic (exact) mass is 391 g/mol. The van der Waals surface area contributed by atoms with Crippen molar-refractivity contribution in [3.8, 4) is 11.1 Å². The number of anilines is 3. The zero-order valence-corrected chi connectivity index (χ0v) is 16.0. The number of amides is 2. The highest BCUT2D eigenvalue weighted by atomic mass is 19.1. The van der Waals surface area contributed by atoms with Gasteiger partial charge in [-0.05, 0) is 41.5 Å². The zero-order valence-electron chi connectivity index (χ0n) is 16.0. The second-order valence-electron chi connectivity index (χ2n) is 6.54. The normalized spacial score (nSPS) is 10.3. The third-order valence-corrected chi connectivity index (χ3v) is 4.27. The van der Waals surface area contributed by atoms with Crippen LogP contribution in [0.25, 0.3) is 11.1 Å². The van der Waals surface area contributed by atoms with Gasteiger partial charge in [-0.3, -0.25) is 9.59 Å². The molecule has 0 aliphatic carbocycles. The highest BCUT2D eigenvalue weighted by molar-refractivity contribution is 5.96. The first-order chi connectivity index (χ1) is 14.0. The van der Waals surface area contributed by atoms with Crippen molar-refractivity contribution < 1.29 is 14.0 Å². The van der Waals surface area contributed by atoms with Gasteiger partial charge in [-0.25, -0.2) is 4.39 Å². The molecule has 0 radical (unpaired) electrons. The number of nitrogens with one attached hydrogen (secondary N) is 3. The zero-order chi connectivity index (χ0) is 20.6. The average Bonchev–Trinajstić information content (AvgIpc) is 2.73. The van der Waals surface area contributed by atoms with Crippen LogP contribution >= 0.6 is 0 Å². The standard InChI is InChI=1S/C23H22FN3O2/c1-16(28)26-19-11-9-17(10-12-19)15-25-20-6-4-5-18(13-20)21-7-2-3-8-22(21)27-23(29)14-24/h2-13,25H,14-15H2,1H3,(H,26,28)(H,27,29). The van der Waals surface area contributed by atoms with Crippen LogP contribution in [0.4, 0.5) is 21.5 Å². The van der Waals surface area contributed by atoms with Crippen LogP contribution in [0.1, 0.15) is 12.5 Å². The fourth-order valence-electron chi connectivity index (χ4n) is 2.94. The average molecular weight is 391 g/mol. The Kier molecular flexibility index (Phi) is 6.58. The van der Waals surface area contributed by atoms with Gasteiger partial charge in [0.15, 0.2) is 6.67 Å². The molecule has 3 aromatic rings. The SMILES string of the molecule is CC(=O)Nc1ccc(CNc2cccc(-c3ccccc3NC(=O)CF)c2)cc1. The second-order valence-corrected chi connectivity index (χ2v) is 6.54. The number of carbonyl (C=O) groups is 2. The third kappa shape index (κ3) is 5.65. The molecule has 5 nitrogen and oxygen atoms in total. The number of hydrogen-bond acceptors (Lipinski definition) is 3. The summed E-state index contributed by atoms with van der Waals surface area (Å²) < 4.78 is 12.6. The van der Waals surface area contributed by atoms with E-state index in [1.165, 1.54) is 6.92 Å². The molecule has 3 aromatic carbocycles. The minimum atomic E-state index is -1.06. The summed E-state index contributed by atoms with van der Waals surface area (Å²) in [5.41, 5.74) is 5.04. The van der Waals surface area contributed by atoms with Gasteiger partial charge in [0.25, 0.3) is 5.91 Å². The van der Waals surface area contributed by atoms with Gasteiger partial charge in [0, 0.05) is 36.1 Å². The number of rotatable bonds is 7. The summed E-state index contributed by atoms with van der Waals surface area (Å²) in [6, 6.07) is 22.7. The molecule has 6 heteroatoms. The maximum atomic E-state index is 12.6. The summed E-state index contributed by atoms with van der Waals surface area (Å²) in [6.07, 6.45) is 0. The summed E-state index contributed by atoms with van der Waals surface area (Å²) in [5.74, 6) is -0.773. The van der Waals surface area contributed by atoms with E-state index in [4.69, 9.17) is 0 Å². The molecule has 2 amide bonds. The first-order valence-corrected chi connectivity index (χ1v) is 9.21. The molecule has 0 heterocycles. The molecule has 0 atom stereocenters. The maximum absolute atomic E-state index is 12.6. The lowest BCUT2D eigenvalue weighted by Gasteiger charge is -2.13. The van der Waals surface area contributed by atoms with Crippen molar-refractivity contribution in [3.05, 3.63) is 78.4 Å². The van der Waals surface area contributed by atoms with Crippen LogP contribution in [0.5, 0.6) is 0 Å². The predicted molar refractivity (Wildman–Crippen MR) is 115 cm³/mol. The van der Waals surface area contributed by atoms with Gasteiger partial charge in [0.05, 0.1) is 0 Å². The van der Waals surface area contributed by atoms with Gasteiger partial charge < -0.3 is 16.0 Å². The van der Waals surface area contributed by atoms with Crippen molar-refractivity contribution in [3.63, 3.8) is 0 Å². The molecule has 0 saturated carbocycles. The first kappa shape index (κ1) is 20.1. The molecule has 0 aliphatic heterocycles. The van der Waals surface area contributed by atoms with Gasteiger partial charge in [-0.1, -0.05) is 42.5 Å². The van der Waals surface area contributed by atoms with E-state index in [9.17, 15) is 14.0 Å². The Labute approximate surface area is 169 Å². The van der Waals surface area contributed by atoms with Crippen molar-refractivity contribution >= 4 is 28.9 Å². The van der Waals surface area contributed by atoms with E-state index < -0.39 is 12.6 Å². The van der Waals surface area contributed by atoms with Crippen LogP contribution in [0.15, 0.2) is 72.8 Å². The molecular weight excluding hydrogens is 369 g/mol. The Morgan fingerprint density at radius 1 is 0.862 bits per heavy atom. The van der Waals surface area contributed by atoms with Crippen molar-refractivity contribution in [2.45, 2.75) is 13.5 Å². The summed E-state index contributed by atoms with van der Waals surface area (Å²) in [4.78, 5) is 22.5. The van der Waals surface area contributed by atoms with Crippen LogP contribution in [-0.2, 0) is 16.1 Å². The van der Waals surface area contributed by atoms with Crippen LogP contribution in [0, 0.1) is 0 Å². The minimum Gasteiger partial charge on any atom is -0.381 e. The highest BCUT2D eigenvalue weighted by Gasteiger charge is 2.08. The quantitative estimate of drug-likeness (QED) is 0.540. The number of hydrogen-bond donors (Lipinski definition) is 3. The van der Waals surface area contributed by atoms with Crippen LogP contribution < -0.4 is 16.0 Å². The third-order valence-electron chi connectivity index (χ3n) is 4.27. The lowest BCUT2D eigenvalue weighted by Crippen LogP contribution is -2.13. The minimum absolute atomic E-state index is 0.101. The summed E-state index contributed by atoms with van der Waals surface area (Å²) in [7, 11) is 0. The summed E-state index contributed by atoms with van der Waals surface area (Å²) >= 11 is 0. The molecule has 0 fully saturated rings. The molecule has 3 rings (SSSR count). The van der Waals surface area contributed by atoms with Gasteiger partial charge in [-0.15, -0.1) is 0 Å². The van der Waals surface area contributed by atoms with Crippen LogP contribution in [0.3, 0.4) is 0 Å². The molecule has 0 spiro atoms. The second kappa shape index (κ2) is 9.50. The van der Waals surface area contributed by atoms with E-state index >= 15 is 0 Å². The fourth-order valence-corrected chi connectivity index (χ4v) is 2.94. The predicted octanol–water partition coefficient (Wildman–Crippen LogP) is 4.83. The fraction of sp³-hybridized carbons (Fsp3) is 0.130. The van der Waals surface area contributed by atoms with E-state index in [0.717, 1.165) is 28.1 Å². The smallest absolute Gasteiger partial charge is 0.255 e. The number of halogens is 1. The number of benzene rings is 3. The van der Waals surface area contributed by atoms with Gasteiger partial charge in [0.2, 0.25) is 5.91 Å². The Morgan fingerprint density at radius 2 is 1.62 bits per heavy atom. The molecule has 3 N–H and O–H groups in total. The molecular formula is C23H22FN3O2. The molecule has 0 unspecified atom stereocenters. The van der Waals surface area contributed by atoms with Crippen molar-refractivity contribution in [1.29, 1.82) is 0 Å². The number of alkyl halides is 1. The van der Waals surface area contributed by atoms with E-state index in [0.29, 0.717) is 12.2 Å². The Bertz CT molecular complexity index is 1000. The molecule has 29 heavy (non-hydrogen) atoms. The largest absolute Gasteiger partial charge is 0.381 e. The Morgan fingerprint density at radius 3 is 2.34 bits per heavy atom. The number of carbonyl (C=O) groups excluding carboxylic acids is 2. The molecule has 0 saturated heterocycles. The Hall–Kier alpha value is -3.67. The van der Waals surface area contributed by atoms with E-state index in [2.05, 4.69) is 16.0 Å². The number of para-hydroxylation sites is 1. The lowest BCUT2D eigenvalue weighted by molar-refractivity contribution is -0.117.